The minimum absolute atomic E-state index is 0.291. The van der Waals surface area contributed by atoms with Crippen LogP contribution in [0.25, 0.3) is 10.2 Å². The van der Waals surface area contributed by atoms with Crippen molar-refractivity contribution in [3.63, 3.8) is 0 Å². The minimum Gasteiger partial charge on any atom is -0.357 e. The molecule has 1 saturated heterocycles. The molecular formula is C19H23FN6S. The molecule has 0 aromatic carbocycles. The lowest BCUT2D eigenvalue weighted by Crippen LogP contribution is -2.38. The average molecular weight is 387 g/mol. The number of nitrogens with zero attached hydrogens (tertiary/aromatic N) is 6. The monoisotopic (exact) mass is 386 g/mol. The highest BCUT2D eigenvalue weighted by atomic mass is 32.1. The molecule has 0 radical (unpaired) electrons. The Morgan fingerprint density at radius 3 is 2.74 bits per heavy atom. The fourth-order valence-electron chi connectivity index (χ4n) is 3.71. The van der Waals surface area contributed by atoms with E-state index in [4.69, 9.17) is 0 Å². The summed E-state index contributed by atoms with van der Waals surface area (Å²) < 4.78 is 15.6. The first-order valence-corrected chi connectivity index (χ1v) is 10.2. The Kier molecular flexibility index (Phi) is 5.15. The second-order valence-corrected chi connectivity index (χ2v) is 7.87. The van der Waals surface area contributed by atoms with E-state index in [0.717, 1.165) is 48.5 Å². The fourth-order valence-corrected chi connectivity index (χ4v) is 4.57. The molecule has 0 unspecified atom stereocenters. The third-order valence-corrected chi connectivity index (χ3v) is 6.11. The molecule has 3 aromatic rings. The number of hydrogen-bond acceptors (Lipinski definition) is 7. The summed E-state index contributed by atoms with van der Waals surface area (Å²) in [6.07, 6.45) is 5.78. The SMILES string of the molecule is CCc1ncnc(N(C)CC2CCN(c3ncnc4ccsc34)CC2)c1F. The summed E-state index contributed by atoms with van der Waals surface area (Å²) in [6, 6.07) is 2.04. The molecule has 0 N–H and O–H groups in total. The van der Waals surface area contributed by atoms with Gasteiger partial charge in [0.25, 0.3) is 0 Å². The van der Waals surface area contributed by atoms with E-state index in [-0.39, 0.29) is 5.82 Å². The van der Waals surface area contributed by atoms with Gasteiger partial charge in [-0.25, -0.2) is 24.3 Å². The summed E-state index contributed by atoms with van der Waals surface area (Å²) in [5.41, 5.74) is 1.49. The van der Waals surface area contributed by atoms with Gasteiger partial charge < -0.3 is 9.80 Å². The van der Waals surface area contributed by atoms with Crippen LogP contribution in [-0.4, -0.2) is 46.6 Å². The van der Waals surface area contributed by atoms with Gasteiger partial charge in [0.1, 0.15) is 18.5 Å². The molecule has 4 heterocycles. The largest absolute Gasteiger partial charge is 0.357 e. The molecule has 1 aliphatic heterocycles. The molecule has 142 valence electrons. The van der Waals surface area contributed by atoms with Gasteiger partial charge in [-0.15, -0.1) is 11.3 Å². The Labute approximate surface area is 162 Å². The van der Waals surface area contributed by atoms with E-state index in [9.17, 15) is 4.39 Å². The number of anilines is 2. The maximum absolute atomic E-state index is 14.5. The molecule has 1 aliphatic rings. The fraction of sp³-hybridized carbons (Fsp3) is 0.474. The first kappa shape index (κ1) is 18.0. The van der Waals surface area contributed by atoms with Gasteiger partial charge in [-0.3, -0.25) is 0 Å². The number of rotatable bonds is 5. The number of aromatic nitrogens is 4. The number of hydrogen-bond donors (Lipinski definition) is 0. The lowest BCUT2D eigenvalue weighted by Gasteiger charge is -2.35. The van der Waals surface area contributed by atoms with Crippen LogP contribution in [-0.2, 0) is 6.42 Å². The molecule has 6 nitrogen and oxygen atoms in total. The first-order valence-electron chi connectivity index (χ1n) is 9.31. The second kappa shape index (κ2) is 7.72. The molecular weight excluding hydrogens is 363 g/mol. The summed E-state index contributed by atoms with van der Waals surface area (Å²) in [5.74, 6) is 1.66. The van der Waals surface area contributed by atoms with E-state index in [1.54, 1.807) is 17.7 Å². The molecule has 0 amide bonds. The highest BCUT2D eigenvalue weighted by Crippen LogP contribution is 2.31. The summed E-state index contributed by atoms with van der Waals surface area (Å²) in [5, 5.41) is 2.06. The predicted molar refractivity (Wildman–Crippen MR) is 107 cm³/mol. The van der Waals surface area contributed by atoms with Crippen molar-refractivity contribution in [2.45, 2.75) is 26.2 Å². The molecule has 27 heavy (non-hydrogen) atoms. The van der Waals surface area contributed by atoms with Crippen molar-refractivity contribution in [3.05, 3.63) is 35.6 Å². The zero-order valence-electron chi connectivity index (χ0n) is 15.6. The van der Waals surface area contributed by atoms with E-state index in [1.807, 2.05) is 24.9 Å². The van der Waals surface area contributed by atoms with Crippen LogP contribution in [0.4, 0.5) is 16.0 Å². The number of fused-ring (bicyclic) bond motifs is 1. The topological polar surface area (TPSA) is 58.0 Å². The number of aryl methyl sites for hydroxylation is 1. The van der Waals surface area contributed by atoms with E-state index >= 15 is 0 Å². The van der Waals surface area contributed by atoms with Gasteiger partial charge >= 0.3 is 0 Å². The summed E-state index contributed by atoms with van der Waals surface area (Å²) in [7, 11) is 1.91. The van der Waals surface area contributed by atoms with Crippen LogP contribution >= 0.6 is 11.3 Å². The standard InChI is InChI=1S/C19H23FN6S/c1-3-14-16(20)18(23-11-21-14)25(2)10-13-4-7-26(8-5-13)19-17-15(6-9-27-17)22-12-24-19/h6,9,11-13H,3-5,7-8,10H2,1-2H3. The molecule has 1 fully saturated rings. The normalized spacial score (nSPS) is 15.4. The molecule has 0 bridgehead atoms. The highest BCUT2D eigenvalue weighted by molar-refractivity contribution is 7.17. The zero-order chi connectivity index (χ0) is 18.8. The highest BCUT2D eigenvalue weighted by Gasteiger charge is 2.24. The third kappa shape index (κ3) is 3.58. The van der Waals surface area contributed by atoms with Gasteiger partial charge in [0.05, 0.1) is 15.9 Å². The van der Waals surface area contributed by atoms with Crippen LogP contribution in [0, 0.1) is 11.7 Å². The number of halogens is 1. The van der Waals surface area contributed by atoms with Crippen molar-refractivity contribution in [1.82, 2.24) is 19.9 Å². The van der Waals surface area contributed by atoms with Gasteiger partial charge in [0.15, 0.2) is 11.6 Å². The van der Waals surface area contributed by atoms with Crippen molar-refractivity contribution in [1.29, 1.82) is 0 Å². The van der Waals surface area contributed by atoms with Crippen molar-refractivity contribution >= 4 is 33.2 Å². The maximum Gasteiger partial charge on any atom is 0.187 e. The van der Waals surface area contributed by atoms with Crippen molar-refractivity contribution in [2.75, 3.05) is 36.5 Å². The quantitative estimate of drug-likeness (QED) is 0.669. The van der Waals surface area contributed by atoms with Crippen LogP contribution in [0.5, 0.6) is 0 Å². The van der Waals surface area contributed by atoms with E-state index < -0.39 is 0 Å². The van der Waals surface area contributed by atoms with Crippen LogP contribution in [0.2, 0.25) is 0 Å². The second-order valence-electron chi connectivity index (χ2n) is 6.95. The van der Waals surface area contributed by atoms with E-state index in [0.29, 0.717) is 23.9 Å². The van der Waals surface area contributed by atoms with Gasteiger partial charge in [-0.2, -0.15) is 0 Å². The van der Waals surface area contributed by atoms with Gasteiger partial charge in [0.2, 0.25) is 0 Å². The summed E-state index contributed by atoms with van der Waals surface area (Å²) in [4.78, 5) is 21.3. The van der Waals surface area contributed by atoms with Crippen LogP contribution in [0.15, 0.2) is 24.1 Å². The molecule has 0 atom stereocenters. The average Bonchev–Trinajstić information content (AvgIpc) is 3.17. The molecule has 4 rings (SSSR count). The smallest absolute Gasteiger partial charge is 0.187 e. The van der Waals surface area contributed by atoms with Crippen molar-refractivity contribution in [3.8, 4) is 0 Å². The Balaban J connectivity index is 1.40. The van der Waals surface area contributed by atoms with Crippen LogP contribution in [0.3, 0.4) is 0 Å². The number of thiophene rings is 1. The Hall–Kier alpha value is -2.35. The third-order valence-electron chi connectivity index (χ3n) is 5.21. The Morgan fingerprint density at radius 1 is 1.19 bits per heavy atom. The van der Waals surface area contributed by atoms with Crippen LogP contribution in [0.1, 0.15) is 25.5 Å². The summed E-state index contributed by atoms with van der Waals surface area (Å²) >= 11 is 1.69. The molecule has 3 aromatic heterocycles. The maximum atomic E-state index is 14.5. The Morgan fingerprint density at radius 2 is 1.96 bits per heavy atom. The summed E-state index contributed by atoms with van der Waals surface area (Å²) in [6.45, 7) is 4.61. The number of piperidine rings is 1. The van der Waals surface area contributed by atoms with E-state index in [2.05, 4.69) is 30.2 Å². The van der Waals surface area contributed by atoms with Crippen molar-refractivity contribution in [2.24, 2.45) is 5.92 Å². The molecule has 0 spiro atoms. The van der Waals surface area contributed by atoms with Crippen LogP contribution < -0.4 is 9.80 Å². The lowest BCUT2D eigenvalue weighted by molar-refractivity contribution is 0.405. The van der Waals surface area contributed by atoms with Gasteiger partial charge in [-0.05, 0) is 36.6 Å². The lowest BCUT2D eigenvalue weighted by atomic mass is 9.96. The van der Waals surface area contributed by atoms with E-state index in [1.165, 1.54) is 6.33 Å². The zero-order valence-corrected chi connectivity index (χ0v) is 16.4. The van der Waals surface area contributed by atoms with Gasteiger partial charge in [0, 0.05) is 26.7 Å². The first-order chi connectivity index (χ1) is 13.2. The molecule has 8 heteroatoms. The predicted octanol–water partition coefficient (Wildman–Crippen LogP) is 3.54. The molecule has 0 aliphatic carbocycles. The minimum atomic E-state index is -0.291. The van der Waals surface area contributed by atoms with Crippen molar-refractivity contribution < 1.29 is 4.39 Å². The molecule has 0 saturated carbocycles. The van der Waals surface area contributed by atoms with Gasteiger partial charge in [-0.1, -0.05) is 6.92 Å². The Bertz CT molecular complexity index is 921.